The number of ether oxygens (including phenoxy) is 1. The number of likely N-dealkylation sites (N-methyl/N-ethyl adjacent to an activating group) is 1. The van der Waals surface area contributed by atoms with Crippen molar-refractivity contribution in [2.75, 3.05) is 26.7 Å². The van der Waals surface area contributed by atoms with E-state index >= 15 is 0 Å². The van der Waals surface area contributed by atoms with Gasteiger partial charge in [-0.25, -0.2) is 4.79 Å². The summed E-state index contributed by atoms with van der Waals surface area (Å²) in [5.74, 6) is 0. The second kappa shape index (κ2) is 5.52. The lowest BCUT2D eigenvalue weighted by molar-refractivity contribution is -0.0112. The zero-order chi connectivity index (χ0) is 16.9. The highest BCUT2D eigenvalue weighted by Gasteiger charge is 2.46. The Morgan fingerprint density at radius 2 is 2.12 bits per heavy atom. The molecule has 3 heterocycles. The zero-order valence-electron chi connectivity index (χ0n) is 14.7. The van der Waals surface area contributed by atoms with Gasteiger partial charge in [-0.3, -0.25) is 4.90 Å². The number of hydrogen-bond acceptors (Lipinski definition) is 3. The fraction of sp³-hybridized carbons (Fsp3) is 0.526. The van der Waals surface area contributed by atoms with E-state index in [1.807, 2.05) is 7.05 Å². The van der Waals surface area contributed by atoms with Crippen LogP contribution in [0, 0.1) is 13.8 Å². The number of carbonyl (C=O) groups is 1. The summed E-state index contributed by atoms with van der Waals surface area (Å²) in [6, 6.07) is 6.52. The Kier molecular flexibility index (Phi) is 3.57. The molecule has 5 heteroatoms. The van der Waals surface area contributed by atoms with Gasteiger partial charge in [0, 0.05) is 31.2 Å². The summed E-state index contributed by atoms with van der Waals surface area (Å²) in [4.78, 5) is 19.5. The molecule has 1 aromatic heterocycles. The van der Waals surface area contributed by atoms with Crippen LogP contribution in [-0.4, -0.2) is 53.2 Å². The molecule has 2 aliphatic heterocycles. The number of hydrogen-bond donors (Lipinski definition) is 1. The lowest BCUT2D eigenvalue weighted by Gasteiger charge is -2.38. The van der Waals surface area contributed by atoms with E-state index in [0.717, 1.165) is 32.5 Å². The molecule has 1 aromatic carbocycles. The number of H-pyrrole nitrogens is 1. The molecule has 4 rings (SSSR count). The van der Waals surface area contributed by atoms with Gasteiger partial charge in [-0.05, 0) is 44.4 Å². The molecular formula is C19H25N3O2. The predicted octanol–water partition coefficient (Wildman–Crippen LogP) is 3.20. The molecule has 24 heavy (non-hydrogen) atoms. The van der Waals surface area contributed by atoms with E-state index in [-0.39, 0.29) is 11.7 Å². The molecule has 1 amide bonds. The van der Waals surface area contributed by atoms with E-state index in [4.69, 9.17) is 4.74 Å². The molecule has 1 atom stereocenters. The number of rotatable bonds is 2. The number of piperidine rings is 1. The molecule has 0 unspecified atom stereocenters. The number of nitrogens with zero attached hydrogens (tertiary/aromatic N) is 2. The molecule has 2 aromatic rings. The van der Waals surface area contributed by atoms with E-state index in [9.17, 15) is 4.79 Å². The van der Waals surface area contributed by atoms with Crippen molar-refractivity contribution in [3.8, 4) is 0 Å². The summed E-state index contributed by atoms with van der Waals surface area (Å²) in [5, 5.41) is 1.31. The minimum Gasteiger partial charge on any atom is -0.440 e. The average Bonchev–Trinajstić information content (AvgIpc) is 2.98. The van der Waals surface area contributed by atoms with E-state index in [2.05, 4.69) is 41.9 Å². The second-order valence-corrected chi connectivity index (χ2v) is 7.44. The van der Waals surface area contributed by atoms with Gasteiger partial charge >= 0.3 is 6.09 Å². The monoisotopic (exact) mass is 327 g/mol. The molecule has 2 saturated heterocycles. The molecule has 0 bridgehead atoms. The van der Waals surface area contributed by atoms with Crippen LogP contribution in [-0.2, 0) is 11.3 Å². The number of amides is 1. The van der Waals surface area contributed by atoms with Gasteiger partial charge in [0.25, 0.3) is 0 Å². The van der Waals surface area contributed by atoms with Crippen LogP contribution < -0.4 is 0 Å². The third kappa shape index (κ3) is 2.47. The summed E-state index contributed by atoms with van der Waals surface area (Å²) in [6.45, 7) is 7.76. The zero-order valence-corrected chi connectivity index (χ0v) is 14.7. The molecule has 2 fully saturated rings. The molecule has 0 aliphatic carbocycles. The van der Waals surface area contributed by atoms with E-state index < -0.39 is 0 Å². The van der Waals surface area contributed by atoms with E-state index in [1.54, 1.807) is 4.90 Å². The molecule has 2 aliphatic rings. The number of aromatic amines is 1. The largest absolute Gasteiger partial charge is 0.440 e. The van der Waals surface area contributed by atoms with Crippen LogP contribution in [0.3, 0.4) is 0 Å². The number of aromatic nitrogens is 1. The minimum atomic E-state index is -0.320. The average molecular weight is 327 g/mol. The number of aryl methyl sites for hydroxylation is 2. The fourth-order valence-corrected chi connectivity index (χ4v) is 4.25. The Morgan fingerprint density at radius 1 is 1.29 bits per heavy atom. The smallest absolute Gasteiger partial charge is 0.410 e. The first-order chi connectivity index (χ1) is 11.5. The molecule has 1 N–H and O–H groups in total. The van der Waals surface area contributed by atoms with Gasteiger partial charge in [0.15, 0.2) is 0 Å². The minimum absolute atomic E-state index is 0.186. The molecule has 1 spiro atoms. The summed E-state index contributed by atoms with van der Waals surface area (Å²) in [7, 11) is 1.82. The fourth-order valence-electron chi connectivity index (χ4n) is 4.25. The third-order valence-corrected chi connectivity index (χ3v) is 5.58. The molecule has 5 nitrogen and oxygen atoms in total. The Hall–Kier alpha value is -2.01. The molecular weight excluding hydrogens is 302 g/mol. The van der Waals surface area contributed by atoms with Crippen molar-refractivity contribution in [2.45, 2.75) is 38.8 Å². The normalized spacial score (nSPS) is 25.0. The first-order valence-corrected chi connectivity index (χ1v) is 8.71. The number of para-hydroxylation sites is 1. The van der Waals surface area contributed by atoms with Crippen LogP contribution in [0.5, 0.6) is 0 Å². The summed E-state index contributed by atoms with van der Waals surface area (Å²) < 4.78 is 5.72. The summed E-state index contributed by atoms with van der Waals surface area (Å²) >= 11 is 0. The number of carbonyl (C=O) groups excluding carboxylic acids is 1. The van der Waals surface area contributed by atoms with Gasteiger partial charge in [0.2, 0.25) is 0 Å². The van der Waals surface area contributed by atoms with Gasteiger partial charge in [-0.1, -0.05) is 18.2 Å². The second-order valence-electron chi connectivity index (χ2n) is 7.44. The Morgan fingerprint density at radius 3 is 2.88 bits per heavy atom. The van der Waals surface area contributed by atoms with Crippen LogP contribution in [0.25, 0.3) is 10.9 Å². The summed E-state index contributed by atoms with van der Waals surface area (Å²) in [5.41, 5.74) is 4.80. The van der Waals surface area contributed by atoms with Crippen LogP contribution in [0.15, 0.2) is 18.2 Å². The van der Waals surface area contributed by atoms with Gasteiger partial charge in [0.1, 0.15) is 5.60 Å². The maximum absolute atomic E-state index is 11.8. The number of likely N-dealkylation sites (tertiary alicyclic amines) is 1. The number of fused-ring (bicyclic) bond motifs is 1. The first-order valence-electron chi connectivity index (χ1n) is 8.71. The number of nitrogens with one attached hydrogen (secondary N) is 1. The highest BCUT2D eigenvalue weighted by Crippen LogP contribution is 2.33. The quantitative estimate of drug-likeness (QED) is 0.921. The van der Waals surface area contributed by atoms with Crippen LogP contribution in [0.1, 0.15) is 29.7 Å². The lowest BCUT2D eigenvalue weighted by Crippen LogP contribution is -2.50. The van der Waals surface area contributed by atoms with Crippen LogP contribution >= 0.6 is 0 Å². The SMILES string of the molecule is Cc1[nH]c2c(CN3CCC[C@@]4(C3)CN(C)C(=O)O4)cccc2c1C. The van der Waals surface area contributed by atoms with Crippen LogP contribution in [0.4, 0.5) is 4.79 Å². The molecule has 0 saturated carbocycles. The van der Waals surface area contributed by atoms with Crippen molar-refractivity contribution in [3.05, 3.63) is 35.0 Å². The third-order valence-electron chi connectivity index (χ3n) is 5.58. The maximum atomic E-state index is 11.8. The van der Waals surface area contributed by atoms with Gasteiger partial charge < -0.3 is 14.6 Å². The maximum Gasteiger partial charge on any atom is 0.410 e. The van der Waals surface area contributed by atoms with Gasteiger partial charge in [0.05, 0.1) is 12.1 Å². The van der Waals surface area contributed by atoms with Gasteiger partial charge in [-0.15, -0.1) is 0 Å². The Labute approximate surface area is 142 Å². The summed E-state index contributed by atoms with van der Waals surface area (Å²) in [6.07, 6.45) is 1.85. The predicted molar refractivity (Wildman–Crippen MR) is 94.1 cm³/mol. The first kappa shape index (κ1) is 15.5. The van der Waals surface area contributed by atoms with Crippen molar-refractivity contribution in [1.29, 1.82) is 0 Å². The Bertz CT molecular complexity index is 797. The number of benzene rings is 1. The van der Waals surface area contributed by atoms with E-state index in [0.29, 0.717) is 6.54 Å². The Balaban J connectivity index is 1.58. The van der Waals surface area contributed by atoms with Crippen molar-refractivity contribution in [2.24, 2.45) is 0 Å². The molecule has 128 valence electrons. The van der Waals surface area contributed by atoms with Gasteiger partial charge in [-0.2, -0.15) is 0 Å². The van der Waals surface area contributed by atoms with Crippen molar-refractivity contribution >= 4 is 17.0 Å². The lowest BCUT2D eigenvalue weighted by atomic mass is 9.92. The topological polar surface area (TPSA) is 48.6 Å². The highest BCUT2D eigenvalue weighted by molar-refractivity contribution is 5.87. The van der Waals surface area contributed by atoms with Crippen LogP contribution in [0.2, 0.25) is 0 Å². The van der Waals surface area contributed by atoms with Crippen molar-refractivity contribution in [3.63, 3.8) is 0 Å². The van der Waals surface area contributed by atoms with E-state index in [1.165, 1.54) is 27.7 Å². The van der Waals surface area contributed by atoms with Crippen molar-refractivity contribution < 1.29 is 9.53 Å². The van der Waals surface area contributed by atoms with Crippen molar-refractivity contribution in [1.82, 2.24) is 14.8 Å². The molecule has 0 radical (unpaired) electrons. The standard InChI is InChI=1S/C19H25N3O2/c1-13-14(2)20-17-15(6-4-7-16(13)17)10-22-9-5-8-19(12-22)11-21(3)18(23)24-19/h4,6-7,20H,5,8-12H2,1-3H3/t19-/m0/s1. The highest BCUT2D eigenvalue weighted by atomic mass is 16.6.